The second-order valence-corrected chi connectivity index (χ2v) is 1.86. The Morgan fingerprint density at radius 1 is 1.73 bits per heavy atom. The summed E-state index contributed by atoms with van der Waals surface area (Å²) in [5.74, 6) is 0. The highest BCUT2D eigenvalue weighted by Crippen LogP contribution is 2.03. The lowest BCUT2D eigenvalue weighted by atomic mass is 10.4. The van der Waals surface area contributed by atoms with Gasteiger partial charge in [0.15, 0.2) is 0 Å². The van der Waals surface area contributed by atoms with Gasteiger partial charge < -0.3 is 0 Å². The summed E-state index contributed by atoms with van der Waals surface area (Å²) in [6.07, 6.45) is 2.87. The van der Waals surface area contributed by atoms with Crippen LogP contribution in [0.2, 0.25) is 0 Å². The first-order valence-corrected chi connectivity index (χ1v) is 2.94. The van der Waals surface area contributed by atoms with Gasteiger partial charge in [-0.1, -0.05) is 0 Å². The Hall–Kier alpha value is -1.65. The summed E-state index contributed by atoms with van der Waals surface area (Å²) in [5, 5.41) is 10.2. The molecule has 11 heavy (non-hydrogen) atoms. The third-order valence-electron chi connectivity index (χ3n) is 1.18. The molecule has 0 saturated heterocycles. The second kappa shape index (κ2) is 2.96. The smallest absolute Gasteiger partial charge is 0.274 e. The van der Waals surface area contributed by atoms with Crippen LogP contribution < -0.4 is 9.57 Å². The lowest BCUT2D eigenvalue weighted by Gasteiger charge is -1.89. The molecule has 0 spiro atoms. The maximum atomic E-state index is 10.2. The van der Waals surface area contributed by atoms with E-state index in [2.05, 4.69) is 0 Å². The summed E-state index contributed by atoms with van der Waals surface area (Å²) in [6, 6.07) is 2.94. The lowest BCUT2D eigenvalue weighted by Crippen LogP contribution is -2.39. The van der Waals surface area contributed by atoms with E-state index in [0.717, 1.165) is 0 Å². The zero-order valence-corrected chi connectivity index (χ0v) is 5.93. The largest absolute Gasteiger partial charge is 0.337 e. The summed E-state index contributed by atoms with van der Waals surface area (Å²) < 4.78 is 1.26. The number of nitrogens with zero attached hydrogens (tertiary/aromatic N) is 2. The second-order valence-electron chi connectivity index (χ2n) is 1.86. The van der Waals surface area contributed by atoms with E-state index in [0.29, 0.717) is 0 Å². The van der Waals surface area contributed by atoms with Crippen LogP contribution in [0.5, 0.6) is 0 Å². The van der Waals surface area contributed by atoms with Crippen LogP contribution >= 0.6 is 0 Å². The van der Waals surface area contributed by atoms with Crippen molar-refractivity contribution in [3.63, 3.8) is 0 Å². The minimum atomic E-state index is -0.477. The number of nitro groups is 1. The Morgan fingerprint density at radius 3 is 3.00 bits per heavy atom. The van der Waals surface area contributed by atoms with Gasteiger partial charge in [0.25, 0.3) is 6.20 Å². The number of hydrogen-bond donors (Lipinski definition) is 0. The summed E-state index contributed by atoms with van der Waals surface area (Å²) >= 11 is 0. The van der Waals surface area contributed by atoms with Gasteiger partial charge in [0, 0.05) is 16.9 Å². The number of aromatic nitrogens is 1. The highest BCUT2D eigenvalue weighted by molar-refractivity contribution is 5.20. The van der Waals surface area contributed by atoms with Crippen molar-refractivity contribution in [1.82, 2.24) is 0 Å². The van der Waals surface area contributed by atoms with Crippen molar-refractivity contribution in [2.75, 3.05) is 7.11 Å². The Bertz CT molecular complexity index is 274. The quantitative estimate of drug-likeness (QED) is 0.341. The Morgan fingerprint density at radius 2 is 2.45 bits per heavy atom. The van der Waals surface area contributed by atoms with Crippen molar-refractivity contribution in [2.24, 2.45) is 0 Å². The highest BCUT2D eigenvalue weighted by Gasteiger charge is 2.10. The third kappa shape index (κ3) is 1.64. The van der Waals surface area contributed by atoms with E-state index >= 15 is 0 Å². The van der Waals surface area contributed by atoms with E-state index in [4.69, 9.17) is 4.84 Å². The van der Waals surface area contributed by atoms with Crippen molar-refractivity contribution < 1.29 is 14.5 Å². The monoisotopic (exact) mass is 155 g/mol. The van der Waals surface area contributed by atoms with Crippen LogP contribution in [0.3, 0.4) is 0 Å². The first-order valence-electron chi connectivity index (χ1n) is 2.94. The average molecular weight is 155 g/mol. The maximum Gasteiger partial charge on any atom is 0.337 e. The van der Waals surface area contributed by atoms with Crippen molar-refractivity contribution >= 4 is 5.69 Å². The van der Waals surface area contributed by atoms with Gasteiger partial charge >= 0.3 is 5.69 Å². The molecular formula is C6H7N2O3+. The zero-order chi connectivity index (χ0) is 8.27. The normalized spacial score (nSPS) is 9.18. The minimum absolute atomic E-state index is 0.00866. The molecule has 1 aromatic rings. The van der Waals surface area contributed by atoms with Gasteiger partial charge in [0.2, 0.25) is 6.20 Å². The molecule has 0 bridgehead atoms. The summed E-state index contributed by atoms with van der Waals surface area (Å²) in [6.45, 7) is 0. The van der Waals surface area contributed by atoms with Crippen molar-refractivity contribution in [3.8, 4) is 0 Å². The predicted molar refractivity (Wildman–Crippen MR) is 35.8 cm³/mol. The molecule has 0 aliphatic carbocycles. The van der Waals surface area contributed by atoms with E-state index in [1.165, 1.54) is 24.1 Å². The van der Waals surface area contributed by atoms with E-state index in [-0.39, 0.29) is 5.69 Å². The van der Waals surface area contributed by atoms with Crippen LogP contribution in [-0.4, -0.2) is 12.0 Å². The van der Waals surface area contributed by atoms with E-state index < -0.39 is 4.92 Å². The molecule has 58 valence electrons. The number of rotatable bonds is 2. The van der Waals surface area contributed by atoms with Gasteiger partial charge in [0.05, 0.1) is 4.92 Å². The third-order valence-corrected chi connectivity index (χ3v) is 1.18. The molecule has 0 aliphatic rings. The van der Waals surface area contributed by atoms with Crippen molar-refractivity contribution in [2.45, 2.75) is 0 Å². The Kier molecular flexibility index (Phi) is 2.00. The summed E-state index contributed by atoms with van der Waals surface area (Å²) in [5.41, 5.74) is 0.00866. The predicted octanol–water partition coefficient (Wildman–Crippen LogP) is -0.0593. The molecular weight excluding hydrogens is 148 g/mol. The molecule has 0 atom stereocenters. The fourth-order valence-corrected chi connectivity index (χ4v) is 0.664. The molecule has 0 unspecified atom stereocenters. The van der Waals surface area contributed by atoms with Gasteiger partial charge in [-0.25, -0.2) is 0 Å². The van der Waals surface area contributed by atoms with Crippen LogP contribution in [-0.2, 0) is 0 Å². The fraction of sp³-hybridized carbons (Fsp3) is 0.167. The SMILES string of the molecule is CO[n+]1cccc([N+](=O)[O-])c1. The lowest BCUT2D eigenvalue weighted by molar-refractivity contribution is -0.886. The summed E-state index contributed by atoms with van der Waals surface area (Å²) in [7, 11) is 1.43. The molecule has 5 heteroatoms. The Labute approximate surface area is 62.9 Å². The van der Waals surface area contributed by atoms with Crippen LogP contribution in [0, 0.1) is 10.1 Å². The minimum Gasteiger partial charge on any atom is -0.274 e. The molecule has 0 aromatic carbocycles. The molecule has 0 amide bonds. The maximum absolute atomic E-state index is 10.2. The first kappa shape index (κ1) is 7.46. The topological polar surface area (TPSA) is 56.2 Å². The fourth-order valence-electron chi connectivity index (χ4n) is 0.664. The van der Waals surface area contributed by atoms with Crippen LogP contribution in [0.1, 0.15) is 0 Å². The van der Waals surface area contributed by atoms with E-state index in [1.807, 2.05) is 0 Å². The number of pyridine rings is 1. The zero-order valence-electron chi connectivity index (χ0n) is 5.93. The molecule has 1 aromatic heterocycles. The summed E-state index contributed by atoms with van der Waals surface area (Å²) in [4.78, 5) is 14.4. The van der Waals surface area contributed by atoms with Gasteiger partial charge in [0.1, 0.15) is 7.11 Å². The van der Waals surface area contributed by atoms with Crippen LogP contribution in [0.15, 0.2) is 24.5 Å². The van der Waals surface area contributed by atoms with Gasteiger partial charge in [-0.2, -0.15) is 0 Å². The average Bonchev–Trinajstić information content (AvgIpc) is 2.05. The molecule has 1 heterocycles. The highest BCUT2D eigenvalue weighted by atomic mass is 16.6. The number of hydrogen-bond acceptors (Lipinski definition) is 3. The van der Waals surface area contributed by atoms with E-state index in [1.54, 1.807) is 12.3 Å². The first-order chi connectivity index (χ1) is 5.24. The molecule has 0 fully saturated rings. The molecule has 0 saturated carbocycles. The molecule has 0 N–H and O–H groups in total. The molecule has 5 nitrogen and oxygen atoms in total. The van der Waals surface area contributed by atoms with E-state index in [9.17, 15) is 10.1 Å². The van der Waals surface area contributed by atoms with Gasteiger partial charge in [-0.3, -0.25) is 15.0 Å². The van der Waals surface area contributed by atoms with Crippen LogP contribution in [0.25, 0.3) is 0 Å². The molecule has 0 aliphatic heterocycles. The van der Waals surface area contributed by atoms with Crippen molar-refractivity contribution in [1.29, 1.82) is 0 Å². The Balaban J connectivity index is 3.01. The standard InChI is InChI=1S/C6H7N2O3/c1-11-7-4-2-3-6(5-7)8(9)10/h2-5H,1H3/q+1. The van der Waals surface area contributed by atoms with Crippen LogP contribution in [0.4, 0.5) is 5.69 Å². The van der Waals surface area contributed by atoms with Crippen molar-refractivity contribution in [3.05, 3.63) is 34.6 Å². The van der Waals surface area contributed by atoms with Gasteiger partial charge in [-0.15, -0.1) is 0 Å². The molecule has 1 rings (SSSR count). The molecule has 0 radical (unpaired) electrons. The van der Waals surface area contributed by atoms with Gasteiger partial charge in [-0.05, 0) is 0 Å².